The topological polar surface area (TPSA) is 73.6 Å². The van der Waals surface area contributed by atoms with Crippen LogP contribution in [0, 0.1) is 5.92 Å². The van der Waals surface area contributed by atoms with Crippen LogP contribution in [0.3, 0.4) is 0 Å². The number of hydrogen-bond donors (Lipinski definition) is 2. The molecule has 0 aromatic heterocycles. The van der Waals surface area contributed by atoms with Gasteiger partial charge in [0.2, 0.25) is 5.91 Å². The Morgan fingerprint density at radius 1 is 1.45 bits per heavy atom. The third-order valence-corrected chi connectivity index (χ3v) is 3.76. The van der Waals surface area contributed by atoms with E-state index in [4.69, 9.17) is 15.2 Å². The van der Waals surface area contributed by atoms with E-state index < -0.39 is 0 Å². The minimum atomic E-state index is -0.376. The van der Waals surface area contributed by atoms with E-state index in [2.05, 4.69) is 5.32 Å². The van der Waals surface area contributed by atoms with Gasteiger partial charge in [0.25, 0.3) is 0 Å². The monoisotopic (exact) mass is 308 g/mol. The highest BCUT2D eigenvalue weighted by Crippen LogP contribution is 2.31. The van der Waals surface area contributed by atoms with Crippen molar-refractivity contribution in [3.05, 3.63) is 0 Å². The Bertz CT molecular complexity index is 288. The van der Waals surface area contributed by atoms with E-state index >= 15 is 0 Å². The summed E-state index contributed by atoms with van der Waals surface area (Å²) in [6, 6.07) is 0.00193. The number of ether oxygens (including phenoxy) is 2. The number of carbonyl (C=O) groups is 1. The van der Waals surface area contributed by atoms with Crippen LogP contribution in [-0.2, 0) is 14.3 Å². The van der Waals surface area contributed by atoms with E-state index in [-0.39, 0.29) is 35.8 Å². The number of nitrogens with two attached hydrogens (primary N) is 1. The van der Waals surface area contributed by atoms with Gasteiger partial charge in [0.15, 0.2) is 0 Å². The molecule has 1 rings (SSSR count). The third-order valence-electron chi connectivity index (χ3n) is 3.76. The lowest BCUT2D eigenvalue weighted by Gasteiger charge is -2.37. The normalized spacial score (nSPS) is 27.5. The van der Waals surface area contributed by atoms with E-state index in [9.17, 15) is 4.79 Å². The summed E-state index contributed by atoms with van der Waals surface area (Å²) in [6.45, 7) is 5.56. The lowest BCUT2D eigenvalue weighted by atomic mass is 9.74. The lowest BCUT2D eigenvalue weighted by molar-refractivity contribution is -0.129. The van der Waals surface area contributed by atoms with Crippen LogP contribution in [0.2, 0.25) is 0 Å². The second-order valence-electron chi connectivity index (χ2n) is 5.78. The molecule has 3 atom stereocenters. The van der Waals surface area contributed by atoms with E-state index in [0.29, 0.717) is 19.8 Å². The maximum absolute atomic E-state index is 12.2. The Hall–Kier alpha value is -0.360. The van der Waals surface area contributed by atoms with Crippen LogP contribution in [0.15, 0.2) is 0 Å². The second kappa shape index (κ2) is 9.55. The van der Waals surface area contributed by atoms with Crippen LogP contribution in [-0.4, -0.2) is 44.4 Å². The standard InChI is InChI=1S/C14H28N2O3.ClH/c1-11(10-19-9-8-18-3)16-13(17)12-6-4-5-7-14(12,2)15;/h11-12H,4-10,15H2,1-3H3,(H,16,17);1H. The van der Waals surface area contributed by atoms with Gasteiger partial charge in [-0.2, -0.15) is 0 Å². The van der Waals surface area contributed by atoms with Gasteiger partial charge in [0.1, 0.15) is 0 Å². The van der Waals surface area contributed by atoms with Gasteiger partial charge in [-0.15, -0.1) is 12.4 Å². The average molecular weight is 309 g/mol. The molecule has 0 heterocycles. The molecular weight excluding hydrogens is 280 g/mol. The molecule has 0 bridgehead atoms. The summed E-state index contributed by atoms with van der Waals surface area (Å²) in [5.74, 6) is -0.0183. The second-order valence-corrected chi connectivity index (χ2v) is 5.78. The Balaban J connectivity index is 0.00000361. The molecule has 1 fully saturated rings. The van der Waals surface area contributed by atoms with E-state index in [0.717, 1.165) is 25.7 Å². The number of hydrogen-bond acceptors (Lipinski definition) is 4. The fourth-order valence-corrected chi connectivity index (χ4v) is 2.58. The average Bonchev–Trinajstić information content (AvgIpc) is 2.34. The van der Waals surface area contributed by atoms with E-state index in [1.807, 2.05) is 13.8 Å². The highest BCUT2D eigenvalue weighted by Gasteiger charge is 2.37. The van der Waals surface area contributed by atoms with E-state index in [1.165, 1.54) is 0 Å². The predicted octanol–water partition coefficient (Wildman–Crippen LogP) is 1.48. The molecular formula is C14H29ClN2O3. The number of nitrogens with one attached hydrogen (secondary N) is 1. The molecule has 20 heavy (non-hydrogen) atoms. The predicted molar refractivity (Wildman–Crippen MR) is 82.1 cm³/mol. The first-order chi connectivity index (χ1) is 8.97. The van der Waals surface area contributed by atoms with Crippen molar-refractivity contribution < 1.29 is 14.3 Å². The zero-order chi connectivity index (χ0) is 14.3. The highest BCUT2D eigenvalue weighted by atomic mass is 35.5. The molecule has 0 saturated heterocycles. The molecule has 0 aliphatic heterocycles. The van der Waals surface area contributed by atoms with Crippen LogP contribution in [0.5, 0.6) is 0 Å². The summed E-state index contributed by atoms with van der Waals surface area (Å²) in [7, 11) is 1.64. The quantitative estimate of drug-likeness (QED) is 0.699. The summed E-state index contributed by atoms with van der Waals surface area (Å²) < 4.78 is 10.3. The molecule has 3 unspecified atom stereocenters. The Morgan fingerprint density at radius 2 is 2.15 bits per heavy atom. The Morgan fingerprint density at radius 3 is 2.75 bits per heavy atom. The fourth-order valence-electron chi connectivity index (χ4n) is 2.58. The smallest absolute Gasteiger partial charge is 0.225 e. The first kappa shape index (κ1) is 19.6. The lowest BCUT2D eigenvalue weighted by Crippen LogP contribution is -2.54. The number of methoxy groups -OCH3 is 1. The molecule has 1 amide bonds. The molecule has 6 heteroatoms. The number of rotatable bonds is 7. The minimum absolute atomic E-state index is 0. The Labute approximate surface area is 128 Å². The molecule has 0 spiro atoms. The number of amides is 1. The molecule has 3 N–H and O–H groups in total. The first-order valence-corrected chi connectivity index (χ1v) is 7.13. The van der Waals surface area contributed by atoms with Gasteiger partial charge in [0.05, 0.1) is 25.7 Å². The van der Waals surface area contributed by atoms with Crippen LogP contribution in [0.1, 0.15) is 39.5 Å². The number of halogens is 1. The molecule has 5 nitrogen and oxygen atoms in total. The maximum Gasteiger partial charge on any atom is 0.225 e. The van der Waals surface area contributed by atoms with Crippen molar-refractivity contribution in [1.82, 2.24) is 5.32 Å². The third kappa shape index (κ3) is 6.39. The van der Waals surface area contributed by atoms with Gasteiger partial charge < -0.3 is 20.5 Å². The van der Waals surface area contributed by atoms with Crippen molar-refractivity contribution in [3.63, 3.8) is 0 Å². The van der Waals surface area contributed by atoms with Gasteiger partial charge in [-0.3, -0.25) is 4.79 Å². The molecule has 0 aromatic carbocycles. The van der Waals surface area contributed by atoms with Gasteiger partial charge in [0, 0.05) is 18.7 Å². The van der Waals surface area contributed by atoms with Crippen LogP contribution < -0.4 is 11.1 Å². The van der Waals surface area contributed by atoms with Gasteiger partial charge in [-0.1, -0.05) is 12.8 Å². The SMILES string of the molecule is COCCOCC(C)NC(=O)C1CCCCC1(C)N.Cl. The summed E-state index contributed by atoms with van der Waals surface area (Å²) in [5, 5.41) is 3.00. The molecule has 1 saturated carbocycles. The van der Waals surface area contributed by atoms with Crippen LogP contribution in [0.25, 0.3) is 0 Å². The van der Waals surface area contributed by atoms with Crippen molar-refractivity contribution in [2.75, 3.05) is 26.9 Å². The molecule has 1 aliphatic carbocycles. The van der Waals surface area contributed by atoms with Gasteiger partial charge in [-0.25, -0.2) is 0 Å². The van der Waals surface area contributed by atoms with Crippen LogP contribution >= 0.6 is 12.4 Å². The van der Waals surface area contributed by atoms with Crippen molar-refractivity contribution in [3.8, 4) is 0 Å². The summed E-state index contributed by atoms with van der Waals surface area (Å²) >= 11 is 0. The van der Waals surface area contributed by atoms with Crippen molar-refractivity contribution in [1.29, 1.82) is 0 Å². The minimum Gasteiger partial charge on any atom is -0.382 e. The zero-order valence-corrected chi connectivity index (χ0v) is 13.6. The van der Waals surface area contributed by atoms with E-state index in [1.54, 1.807) is 7.11 Å². The van der Waals surface area contributed by atoms with Crippen molar-refractivity contribution >= 4 is 18.3 Å². The van der Waals surface area contributed by atoms with Gasteiger partial charge in [-0.05, 0) is 26.7 Å². The zero-order valence-electron chi connectivity index (χ0n) is 12.8. The Kier molecular flexibility index (Phi) is 9.38. The van der Waals surface area contributed by atoms with Crippen molar-refractivity contribution in [2.24, 2.45) is 11.7 Å². The number of carbonyl (C=O) groups excluding carboxylic acids is 1. The van der Waals surface area contributed by atoms with Crippen molar-refractivity contribution in [2.45, 2.75) is 51.1 Å². The summed E-state index contributed by atoms with van der Waals surface area (Å²) in [6.07, 6.45) is 4.01. The van der Waals surface area contributed by atoms with Gasteiger partial charge >= 0.3 is 0 Å². The molecule has 120 valence electrons. The van der Waals surface area contributed by atoms with Crippen LogP contribution in [0.4, 0.5) is 0 Å². The fraction of sp³-hybridized carbons (Fsp3) is 0.929. The maximum atomic E-state index is 12.2. The summed E-state index contributed by atoms with van der Waals surface area (Å²) in [5.41, 5.74) is 5.85. The molecule has 0 aromatic rings. The first-order valence-electron chi connectivity index (χ1n) is 7.13. The highest BCUT2D eigenvalue weighted by molar-refractivity contribution is 5.85. The molecule has 0 radical (unpaired) electrons. The largest absolute Gasteiger partial charge is 0.382 e. The summed E-state index contributed by atoms with van der Waals surface area (Å²) in [4.78, 5) is 12.2. The molecule has 1 aliphatic rings.